The third-order valence-corrected chi connectivity index (χ3v) is 3.76. The summed E-state index contributed by atoms with van der Waals surface area (Å²) in [5.41, 5.74) is 0. The summed E-state index contributed by atoms with van der Waals surface area (Å²) in [5, 5.41) is 4.26. The number of ether oxygens (including phenoxy) is 1. The molecule has 1 N–H and O–H groups in total. The van der Waals surface area contributed by atoms with Gasteiger partial charge < -0.3 is 10.1 Å². The number of rotatable bonds is 5. The van der Waals surface area contributed by atoms with E-state index in [1.807, 2.05) is 6.20 Å². The fraction of sp³-hybridized carbons (Fsp3) is 0.727. The average molecular weight is 241 g/mol. The largest absolute Gasteiger partial charge is 0.380 e. The van der Waals surface area contributed by atoms with Gasteiger partial charge in [-0.2, -0.15) is 0 Å². The molecular weight excluding hydrogens is 222 g/mol. The summed E-state index contributed by atoms with van der Waals surface area (Å²) in [6.07, 6.45) is 3.12. The van der Waals surface area contributed by atoms with Crippen LogP contribution in [-0.2, 0) is 11.3 Å². The van der Waals surface area contributed by atoms with Gasteiger partial charge in [-0.25, -0.2) is 4.98 Å². The Kier molecular flexibility index (Phi) is 4.15. The predicted molar refractivity (Wildman–Crippen MR) is 67.0 cm³/mol. The fourth-order valence-electron chi connectivity index (χ4n) is 1.86. The van der Waals surface area contributed by atoms with Crippen molar-refractivity contribution in [2.45, 2.75) is 25.9 Å². The number of aromatic nitrogens is 1. The van der Waals surface area contributed by atoms with Crippen molar-refractivity contribution < 1.29 is 4.74 Å². The van der Waals surface area contributed by atoms with E-state index in [1.165, 1.54) is 4.88 Å². The highest BCUT2D eigenvalue weighted by Crippen LogP contribution is 2.21. The molecule has 2 heterocycles. The van der Waals surface area contributed by atoms with E-state index in [1.54, 1.807) is 11.3 Å². The Balaban J connectivity index is 1.87. The van der Waals surface area contributed by atoms with E-state index in [0.717, 1.165) is 37.9 Å². The molecule has 5 heteroatoms. The van der Waals surface area contributed by atoms with Crippen molar-refractivity contribution >= 4 is 16.5 Å². The normalized spacial score (nSPS) is 20.6. The van der Waals surface area contributed by atoms with Gasteiger partial charge in [-0.15, -0.1) is 11.3 Å². The van der Waals surface area contributed by atoms with Gasteiger partial charge in [-0.05, 0) is 20.4 Å². The number of nitrogens with one attached hydrogen (secondary N) is 1. The minimum atomic E-state index is 0.574. The van der Waals surface area contributed by atoms with Gasteiger partial charge in [0.2, 0.25) is 0 Å². The average Bonchev–Trinajstić information content (AvgIpc) is 2.89. The maximum absolute atomic E-state index is 5.39. The summed E-state index contributed by atoms with van der Waals surface area (Å²) in [6.45, 7) is 5.76. The Labute approximate surface area is 101 Å². The fourth-order valence-corrected chi connectivity index (χ4v) is 2.80. The summed E-state index contributed by atoms with van der Waals surface area (Å²) in [7, 11) is 2.16. The van der Waals surface area contributed by atoms with Gasteiger partial charge in [0.05, 0.1) is 6.61 Å². The second-order valence-electron chi connectivity index (χ2n) is 4.09. The Bertz CT molecular complexity index is 323. The summed E-state index contributed by atoms with van der Waals surface area (Å²) in [4.78, 5) is 8.00. The van der Waals surface area contributed by atoms with E-state index in [2.05, 4.69) is 29.2 Å². The van der Waals surface area contributed by atoms with Gasteiger partial charge in [0.25, 0.3) is 0 Å². The minimum Gasteiger partial charge on any atom is -0.380 e. The highest BCUT2D eigenvalue weighted by Gasteiger charge is 2.20. The number of hydrogen-bond donors (Lipinski definition) is 1. The van der Waals surface area contributed by atoms with E-state index in [-0.39, 0.29) is 0 Å². The van der Waals surface area contributed by atoms with Crippen molar-refractivity contribution in [1.29, 1.82) is 0 Å². The first-order valence-electron chi connectivity index (χ1n) is 5.76. The third-order valence-electron chi connectivity index (χ3n) is 2.82. The quantitative estimate of drug-likeness (QED) is 0.853. The van der Waals surface area contributed by atoms with Crippen LogP contribution in [0.25, 0.3) is 0 Å². The number of nitrogens with zero attached hydrogens (tertiary/aromatic N) is 2. The highest BCUT2D eigenvalue weighted by atomic mass is 32.1. The molecule has 1 fully saturated rings. The Morgan fingerprint density at radius 2 is 2.56 bits per heavy atom. The molecule has 1 aromatic rings. The van der Waals surface area contributed by atoms with Crippen molar-refractivity contribution in [2.24, 2.45) is 0 Å². The first-order chi connectivity index (χ1) is 7.79. The lowest BCUT2D eigenvalue weighted by Crippen LogP contribution is -2.31. The smallest absolute Gasteiger partial charge is 0.182 e. The standard InChI is InChI=1S/C11H19N3OS/c1-3-12-11-13-6-10(16-11)7-14(2)9-4-5-15-8-9/h6,9H,3-5,7-8H2,1-2H3,(H,12,13). The van der Waals surface area contributed by atoms with Crippen LogP contribution in [0.1, 0.15) is 18.2 Å². The molecule has 16 heavy (non-hydrogen) atoms. The molecule has 4 nitrogen and oxygen atoms in total. The predicted octanol–water partition coefficient (Wildman–Crippen LogP) is 1.80. The molecule has 1 aliphatic heterocycles. The zero-order chi connectivity index (χ0) is 11.4. The first-order valence-corrected chi connectivity index (χ1v) is 6.57. The molecule has 0 radical (unpaired) electrons. The third kappa shape index (κ3) is 2.93. The maximum Gasteiger partial charge on any atom is 0.182 e. The van der Waals surface area contributed by atoms with E-state index in [0.29, 0.717) is 6.04 Å². The molecule has 1 saturated heterocycles. The lowest BCUT2D eigenvalue weighted by atomic mass is 10.2. The molecule has 2 rings (SSSR count). The SMILES string of the molecule is CCNc1ncc(CN(C)C2CCOC2)s1. The maximum atomic E-state index is 5.39. The van der Waals surface area contributed by atoms with Crippen LogP contribution in [0.15, 0.2) is 6.20 Å². The molecule has 0 spiro atoms. The van der Waals surface area contributed by atoms with Crippen LogP contribution in [0.2, 0.25) is 0 Å². The number of hydrogen-bond acceptors (Lipinski definition) is 5. The molecule has 0 aliphatic carbocycles. The Hall–Kier alpha value is -0.650. The van der Waals surface area contributed by atoms with Gasteiger partial charge in [0.15, 0.2) is 5.13 Å². The molecule has 0 amide bonds. The van der Waals surface area contributed by atoms with Crippen LogP contribution in [0.5, 0.6) is 0 Å². The lowest BCUT2D eigenvalue weighted by molar-refractivity contribution is 0.157. The van der Waals surface area contributed by atoms with Gasteiger partial charge >= 0.3 is 0 Å². The second kappa shape index (κ2) is 5.61. The van der Waals surface area contributed by atoms with E-state index in [9.17, 15) is 0 Å². The molecule has 1 aliphatic rings. The van der Waals surface area contributed by atoms with Crippen molar-refractivity contribution in [3.05, 3.63) is 11.1 Å². The van der Waals surface area contributed by atoms with Crippen LogP contribution in [-0.4, -0.2) is 42.7 Å². The second-order valence-corrected chi connectivity index (χ2v) is 5.21. The van der Waals surface area contributed by atoms with Crippen molar-refractivity contribution in [2.75, 3.05) is 32.1 Å². The molecular formula is C11H19N3OS. The molecule has 1 aromatic heterocycles. The molecule has 0 aromatic carbocycles. The van der Waals surface area contributed by atoms with Gasteiger partial charge in [-0.1, -0.05) is 0 Å². The molecule has 1 atom stereocenters. The lowest BCUT2D eigenvalue weighted by Gasteiger charge is -2.21. The van der Waals surface area contributed by atoms with Crippen molar-refractivity contribution in [1.82, 2.24) is 9.88 Å². The van der Waals surface area contributed by atoms with Gasteiger partial charge in [-0.3, -0.25) is 4.90 Å². The topological polar surface area (TPSA) is 37.4 Å². The van der Waals surface area contributed by atoms with Crippen LogP contribution in [0, 0.1) is 0 Å². The van der Waals surface area contributed by atoms with E-state index in [4.69, 9.17) is 4.74 Å². The molecule has 1 unspecified atom stereocenters. The zero-order valence-electron chi connectivity index (χ0n) is 9.90. The summed E-state index contributed by atoms with van der Waals surface area (Å²) < 4.78 is 5.39. The molecule has 0 bridgehead atoms. The molecule has 90 valence electrons. The Morgan fingerprint density at radius 3 is 3.25 bits per heavy atom. The van der Waals surface area contributed by atoms with Gasteiger partial charge in [0, 0.05) is 36.8 Å². The molecule has 0 saturated carbocycles. The number of thiazole rings is 1. The number of anilines is 1. The Morgan fingerprint density at radius 1 is 1.69 bits per heavy atom. The van der Waals surface area contributed by atoms with Crippen LogP contribution in [0.4, 0.5) is 5.13 Å². The minimum absolute atomic E-state index is 0.574. The monoisotopic (exact) mass is 241 g/mol. The zero-order valence-corrected chi connectivity index (χ0v) is 10.7. The van der Waals surface area contributed by atoms with Crippen molar-refractivity contribution in [3.8, 4) is 0 Å². The summed E-state index contributed by atoms with van der Waals surface area (Å²) >= 11 is 1.74. The van der Waals surface area contributed by atoms with Crippen LogP contribution in [0.3, 0.4) is 0 Å². The summed E-state index contributed by atoms with van der Waals surface area (Å²) in [6, 6.07) is 0.574. The van der Waals surface area contributed by atoms with Crippen molar-refractivity contribution in [3.63, 3.8) is 0 Å². The first kappa shape index (κ1) is 11.8. The van der Waals surface area contributed by atoms with Gasteiger partial charge in [0.1, 0.15) is 0 Å². The highest BCUT2D eigenvalue weighted by molar-refractivity contribution is 7.15. The van der Waals surface area contributed by atoms with Crippen LogP contribution >= 0.6 is 11.3 Å². The van der Waals surface area contributed by atoms with E-state index < -0.39 is 0 Å². The number of likely N-dealkylation sites (N-methyl/N-ethyl adjacent to an activating group) is 1. The van der Waals surface area contributed by atoms with Crippen LogP contribution < -0.4 is 5.32 Å². The van der Waals surface area contributed by atoms with E-state index >= 15 is 0 Å². The summed E-state index contributed by atoms with van der Waals surface area (Å²) in [5.74, 6) is 0.